The highest BCUT2D eigenvalue weighted by atomic mass is 32.1. The zero-order valence-electron chi connectivity index (χ0n) is 10.9. The summed E-state index contributed by atoms with van der Waals surface area (Å²) >= 11 is 4.99. The summed E-state index contributed by atoms with van der Waals surface area (Å²) in [5.41, 5.74) is 8.26. The molecule has 0 fully saturated rings. The number of nitrogens with zero attached hydrogens (tertiary/aromatic N) is 1. The fourth-order valence-corrected chi connectivity index (χ4v) is 2.15. The summed E-state index contributed by atoms with van der Waals surface area (Å²) in [7, 11) is 2.13. The summed E-state index contributed by atoms with van der Waals surface area (Å²) in [5, 5.41) is 0. The minimum atomic E-state index is 0.439. The van der Waals surface area contributed by atoms with Gasteiger partial charge in [0, 0.05) is 19.0 Å². The van der Waals surface area contributed by atoms with Crippen LogP contribution in [0.4, 0.5) is 0 Å². The van der Waals surface area contributed by atoms with E-state index in [0.717, 1.165) is 19.4 Å². The predicted octanol–water partition coefficient (Wildman–Crippen LogP) is 2.88. The molecule has 0 aliphatic rings. The quantitative estimate of drug-likeness (QED) is 0.787. The Bertz CT molecular complexity index is 359. The lowest BCUT2D eigenvalue weighted by Gasteiger charge is -2.26. The number of hydrogen-bond acceptors (Lipinski definition) is 2. The van der Waals surface area contributed by atoms with E-state index in [0.29, 0.717) is 11.0 Å². The minimum absolute atomic E-state index is 0.439. The van der Waals surface area contributed by atoms with Crippen molar-refractivity contribution in [3.63, 3.8) is 0 Å². The highest BCUT2D eigenvalue weighted by molar-refractivity contribution is 7.80. The molecule has 0 spiro atoms. The molecule has 2 nitrogen and oxygen atoms in total. The van der Waals surface area contributed by atoms with Gasteiger partial charge in [-0.25, -0.2) is 0 Å². The highest BCUT2D eigenvalue weighted by Crippen LogP contribution is 2.12. The average Bonchev–Trinajstić information content (AvgIpc) is 2.28. The Labute approximate surface area is 110 Å². The fraction of sp³-hybridized carbons (Fsp3) is 0.500. The molecule has 0 heterocycles. The molecule has 94 valence electrons. The van der Waals surface area contributed by atoms with Gasteiger partial charge >= 0.3 is 0 Å². The standard InChI is InChI=1S/C14H22N2S/c1-4-13(9-14(15)17)16(3)10-12-7-5-11(2)6-8-12/h5-8,13H,4,9-10H2,1-3H3,(H2,15,17). The molecule has 17 heavy (non-hydrogen) atoms. The number of benzene rings is 1. The lowest BCUT2D eigenvalue weighted by molar-refractivity contribution is 0.233. The summed E-state index contributed by atoms with van der Waals surface area (Å²) < 4.78 is 0. The van der Waals surface area contributed by atoms with Crippen molar-refractivity contribution in [2.45, 2.75) is 39.3 Å². The van der Waals surface area contributed by atoms with Gasteiger partial charge < -0.3 is 5.73 Å². The Kier molecular flexibility index (Phi) is 5.59. The topological polar surface area (TPSA) is 29.3 Å². The van der Waals surface area contributed by atoms with E-state index in [9.17, 15) is 0 Å². The Hall–Kier alpha value is -0.930. The van der Waals surface area contributed by atoms with Crippen LogP contribution in [0.2, 0.25) is 0 Å². The van der Waals surface area contributed by atoms with Gasteiger partial charge in [-0.15, -0.1) is 0 Å². The Morgan fingerprint density at radius 2 is 1.94 bits per heavy atom. The number of nitrogens with two attached hydrogens (primary N) is 1. The molecule has 1 unspecified atom stereocenters. The molecule has 0 radical (unpaired) electrons. The summed E-state index contributed by atoms with van der Waals surface area (Å²) in [4.78, 5) is 2.93. The molecular formula is C14H22N2S. The molecule has 0 aliphatic carbocycles. The van der Waals surface area contributed by atoms with Crippen molar-refractivity contribution in [2.75, 3.05) is 7.05 Å². The fourth-order valence-electron chi connectivity index (χ4n) is 1.95. The van der Waals surface area contributed by atoms with Gasteiger partial charge in [0.15, 0.2) is 0 Å². The largest absolute Gasteiger partial charge is 0.393 e. The van der Waals surface area contributed by atoms with Crippen molar-refractivity contribution in [2.24, 2.45) is 5.73 Å². The smallest absolute Gasteiger partial charge is 0.0743 e. The van der Waals surface area contributed by atoms with Crippen LogP contribution in [0.1, 0.15) is 30.9 Å². The summed E-state index contributed by atoms with van der Waals surface area (Å²) in [5.74, 6) is 0. The van der Waals surface area contributed by atoms with Crippen molar-refractivity contribution in [1.82, 2.24) is 4.90 Å². The highest BCUT2D eigenvalue weighted by Gasteiger charge is 2.13. The van der Waals surface area contributed by atoms with Crippen molar-refractivity contribution in [3.05, 3.63) is 35.4 Å². The van der Waals surface area contributed by atoms with Crippen LogP contribution < -0.4 is 5.73 Å². The maximum atomic E-state index is 5.62. The molecule has 0 amide bonds. The second-order valence-electron chi connectivity index (χ2n) is 4.63. The Morgan fingerprint density at radius 3 is 2.41 bits per heavy atom. The third kappa shape index (κ3) is 4.84. The molecule has 1 aromatic rings. The molecule has 1 rings (SSSR count). The molecule has 0 saturated heterocycles. The second-order valence-corrected chi connectivity index (χ2v) is 5.16. The Morgan fingerprint density at radius 1 is 1.35 bits per heavy atom. The van der Waals surface area contributed by atoms with E-state index in [1.165, 1.54) is 11.1 Å². The Balaban J connectivity index is 2.60. The van der Waals surface area contributed by atoms with Gasteiger partial charge in [0.05, 0.1) is 4.99 Å². The van der Waals surface area contributed by atoms with Crippen LogP contribution in [0.25, 0.3) is 0 Å². The van der Waals surface area contributed by atoms with Gasteiger partial charge in [0.25, 0.3) is 0 Å². The van der Waals surface area contributed by atoms with E-state index in [2.05, 4.69) is 50.1 Å². The second kappa shape index (κ2) is 6.72. The number of hydrogen-bond donors (Lipinski definition) is 1. The van der Waals surface area contributed by atoms with Crippen LogP contribution >= 0.6 is 12.2 Å². The first-order valence-electron chi connectivity index (χ1n) is 6.07. The molecule has 0 bridgehead atoms. The van der Waals surface area contributed by atoms with E-state index in [1.54, 1.807) is 0 Å². The molecule has 0 aliphatic heterocycles. The van der Waals surface area contributed by atoms with Crippen molar-refractivity contribution >= 4 is 17.2 Å². The first-order chi connectivity index (χ1) is 8.02. The SMILES string of the molecule is CCC(CC(N)=S)N(C)Cc1ccc(C)cc1. The van der Waals surface area contributed by atoms with Gasteiger partial charge in [0.1, 0.15) is 0 Å². The van der Waals surface area contributed by atoms with E-state index in [1.807, 2.05) is 0 Å². The monoisotopic (exact) mass is 250 g/mol. The third-order valence-corrected chi connectivity index (χ3v) is 3.25. The lowest BCUT2D eigenvalue weighted by atomic mass is 10.1. The zero-order valence-corrected chi connectivity index (χ0v) is 11.8. The van der Waals surface area contributed by atoms with Crippen LogP contribution in [-0.2, 0) is 6.54 Å². The van der Waals surface area contributed by atoms with Crippen molar-refractivity contribution < 1.29 is 0 Å². The van der Waals surface area contributed by atoms with Crippen molar-refractivity contribution in [1.29, 1.82) is 0 Å². The van der Waals surface area contributed by atoms with Crippen LogP contribution in [0, 0.1) is 6.92 Å². The van der Waals surface area contributed by atoms with Gasteiger partial charge in [0.2, 0.25) is 0 Å². The number of thiocarbonyl (C=S) groups is 1. The number of rotatable bonds is 6. The van der Waals surface area contributed by atoms with Crippen LogP contribution in [0.3, 0.4) is 0 Å². The third-order valence-electron chi connectivity index (χ3n) is 3.08. The normalized spacial score (nSPS) is 12.7. The zero-order chi connectivity index (χ0) is 12.8. The van der Waals surface area contributed by atoms with E-state index in [-0.39, 0.29) is 0 Å². The predicted molar refractivity (Wildman–Crippen MR) is 78.1 cm³/mol. The number of aryl methyl sites for hydroxylation is 1. The molecule has 1 aromatic carbocycles. The first-order valence-corrected chi connectivity index (χ1v) is 6.47. The van der Waals surface area contributed by atoms with Gasteiger partial charge in [-0.1, -0.05) is 49.0 Å². The van der Waals surface area contributed by atoms with Crippen LogP contribution in [0.15, 0.2) is 24.3 Å². The van der Waals surface area contributed by atoms with Gasteiger partial charge in [-0.3, -0.25) is 4.90 Å². The average molecular weight is 250 g/mol. The molecule has 0 aromatic heterocycles. The molecule has 1 atom stereocenters. The van der Waals surface area contributed by atoms with Crippen molar-refractivity contribution in [3.8, 4) is 0 Å². The summed E-state index contributed by atoms with van der Waals surface area (Å²) in [6.07, 6.45) is 1.87. The van der Waals surface area contributed by atoms with Gasteiger partial charge in [-0.05, 0) is 26.0 Å². The van der Waals surface area contributed by atoms with E-state index in [4.69, 9.17) is 18.0 Å². The summed E-state index contributed by atoms with van der Waals surface area (Å²) in [6, 6.07) is 9.10. The molecular weight excluding hydrogens is 228 g/mol. The maximum absolute atomic E-state index is 5.62. The van der Waals surface area contributed by atoms with E-state index < -0.39 is 0 Å². The van der Waals surface area contributed by atoms with Crippen LogP contribution in [0.5, 0.6) is 0 Å². The first kappa shape index (κ1) is 14.1. The molecule has 0 saturated carbocycles. The van der Waals surface area contributed by atoms with Gasteiger partial charge in [-0.2, -0.15) is 0 Å². The molecule has 2 N–H and O–H groups in total. The minimum Gasteiger partial charge on any atom is -0.393 e. The maximum Gasteiger partial charge on any atom is 0.0743 e. The van der Waals surface area contributed by atoms with Crippen LogP contribution in [-0.4, -0.2) is 23.0 Å². The summed E-state index contributed by atoms with van der Waals surface area (Å²) in [6.45, 7) is 5.23. The molecule has 3 heteroatoms. The lowest BCUT2D eigenvalue weighted by Crippen LogP contribution is -2.34. The van der Waals surface area contributed by atoms with E-state index >= 15 is 0 Å².